The first-order chi connectivity index (χ1) is 5.88. The van der Waals surface area contributed by atoms with E-state index in [4.69, 9.17) is 0 Å². The van der Waals surface area contributed by atoms with Crippen molar-refractivity contribution in [1.29, 1.82) is 0 Å². The highest BCUT2D eigenvalue weighted by Crippen LogP contribution is 2.19. The molecule has 0 bridgehead atoms. The van der Waals surface area contributed by atoms with Gasteiger partial charge < -0.3 is 0 Å². The molecule has 0 spiro atoms. The third-order valence-corrected chi connectivity index (χ3v) is 2.17. The predicted molar refractivity (Wildman–Crippen MR) is 59.7 cm³/mol. The second-order valence-corrected chi connectivity index (χ2v) is 2.79. The van der Waals surface area contributed by atoms with Gasteiger partial charge in [-0.05, 0) is 17.9 Å². The second-order valence-electron chi connectivity index (χ2n) is 1.95. The molecule has 1 rings (SSSR count). The molecule has 0 heterocycles. The van der Waals surface area contributed by atoms with Crippen LogP contribution in [-0.2, 0) is 0 Å². The van der Waals surface area contributed by atoms with E-state index in [0.29, 0.717) is 0 Å². The van der Waals surface area contributed by atoms with E-state index < -0.39 is 0 Å². The third kappa shape index (κ3) is 3.14. The lowest BCUT2D eigenvalue weighted by molar-refractivity contribution is 1.43. The van der Waals surface area contributed by atoms with E-state index in [0.717, 1.165) is 0 Å². The van der Waals surface area contributed by atoms with Crippen molar-refractivity contribution in [3.63, 3.8) is 0 Å². The summed E-state index contributed by atoms with van der Waals surface area (Å²) in [5, 5.41) is 0. The highest BCUT2D eigenvalue weighted by molar-refractivity contribution is 7.98. The third-order valence-electron chi connectivity index (χ3n) is 1.36. The van der Waals surface area contributed by atoms with Crippen LogP contribution in [0, 0.1) is 0 Å². The first-order valence-corrected chi connectivity index (χ1v) is 5.36. The monoisotopic (exact) mass is 180 g/mol. The molecule has 0 aromatic heterocycles. The summed E-state index contributed by atoms with van der Waals surface area (Å²) in [4.78, 5) is 1.29. The molecule has 0 saturated carbocycles. The lowest BCUT2D eigenvalue weighted by Crippen LogP contribution is -1.74. The molecule has 0 aliphatic heterocycles. The van der Waals surface area contributed by atoms with Gasteiger partial charge in [0.05, 0.1) is 0 Å². The fraction of sp³-hybridized carbons (Fsp3) is 0.273. The van der Waals surface area contributed by atoms with E-state index in [1.54, 1.807) is 11.8 Å². The normalized spacial score (nSPS) is 8.25. The van der Waals surface area contributed by atoms with E-state index in [1.807, 2.05) is 32.1 Å². The smallest absolute Gasteiger partial charge is 0.0141 e. The molecule has 0 atom stereocenters. The van der Waals surface area contributed by atoms with Crippen molar-refractivity contribution in [2.75, 3.05) is 6.26 Å². The van der Waals surface area contributed by atoms with E-state index in [2.05, 4.69) is 25.0 Å². The van der Waals surface area contributed by atoms with Gasteiger partial charge in [-0.1, -0.05) is 44.7 Å². The first kappa shape index (κ1) is 11.3. The average Bonchev–Trinajstić information content (AvgIpc) is 2.20. The van der Waals surface area contributed by atoms with Gasteiger partial charge in [-0.3, -0.25) is 0 Å². The van der Waals surface area contributed by atoms with Crippen molar-refractivity contribution in [2.24, 2.45) is 0 Å². The van der Waals surface area contributed by atoms with Crippen molar-refractivity contribution >= 4 is 17.8 Å². The van der Waals surface area contributed by atoms with Crippen LogP contribution in [0.15, 0.2) is 35.7 Å². The highest BCUT2D eigenvalue weighted by Gasteiger charge is 1.92. The van der Waals surface area contributed by atoms with Gasteiger partial charge in [0.25, 0.3) is 0 Å². The predicted octanol–water partition coefficient (Wildman–Crippen LogP) is 4.08. The Labute approximate surface area is 79.7 Å². The van der Waals surface area contributed by atoms with Gasteiger partial charge in [-0.15, -0.1) is 11.8 Å². The maximum absolute atomic E-state index is 3.73. The standard InChI is InChI=1S/C9H10S.C2H6/c1-3-8-6-4-5-7-9(8)10-2;1-2/h3-7H,1H2,2H3;1-2H3. The first-order valence-electron chi connectivity index (χ1n) is 4.14. The molecule has 1 aromatic carbocycles. The van der Waals surface area contributed by atoms with Gasteiger partial charge in [0.1, 0.15) is 0 Å². The summed E-state index contributed by atoms with van der Waals surface area (Å²) in [6, 6.07) is 8.23. The van der Waals surface area contributed by atoms with Crippen LogP contribution in [0.5, 0.6) is 0 Å². The lowest BCUT2D eigenvalue weighted by atomic mass is 10.2. The minimum atomic E-state index is 1.22. The van der Waals surface area contributed by atoms with E-state index in [1.165, 1.54) is 10.5 Å². The number of rotatable bonds is 2. The number of thioether (sulfide) groups is 1. The van der Waals surface area contributed by atoms with Gasteiger partial charge in [0.2, 0.25) is 0 Å². The molecule has 0 nitrogen and oxygen atoms in total. The average molecular weight is 180 g/mol. The molecule has 0 N–H and O–H groups in total. The SMILES string of the molecule is C=Cc1ccccc1SC.CC. The molecule has 1 aromatic rings. The molecule has 12 heavy (non-hydrogen) atoms. The minimum Gasteiger partial charge on any atom is -0.129 e. The Morgan fingerprint density at radius 2 is 1.83 bits per heavy atom. The minimum absolute atomic E-state index is 1.22. The van der Waals surface area contributed by atoms with Crippen LogP contribution in [0.2, 0.25) is 0 Å². The molecule has 0 aliphatic rings. The topological polar surface area (TPSA) is 0 Å². The Morgan fingerprint density at radius 1 is 1.25 bits per heavy atom. The molecule has 0 fully saturated rings. The number of benzene rings is 1. The van der Waals surface area contributed by atoms with Crippen LogP contribution in [0.25, 0.3) is 6.08 Å². The molecular weight excluding hydrogens is 164 g/mol. The van der Waals surface area contributed by atoms with Crippen molar-refractivity contribution in [3.8, 4) is 0 Å². The Hall–Kier alpha value is -0.690. The molecule has 0 amide bonds. The Kier molecular flexibility index (Phi) is 6.58. The van der Waals surface area contributed by atoms with E-state index in [9.17, 15) is 0 Å². The zero-order chi connectivity index (χ0) is 9.40. The van der Waals surface area contributed by atoms with Crippen LogP contribution in [-0.4, -0.2) is 6.26 Å². The van der Waals surface area contributed by atoms with Gasteiger partial charge in [-0.25, -0.2) is 0 Å². The summed E-state index contributed by atoms with van der Waals surface area (Å²) in [7, 11) is 0. The zero-order valence-corrected chi connectivity index (χ0v) is 8.82. The van der Waals surface area contributed by atoms with Gasteiger partial charge in [0, 0.05) is 4.90 Å². The summed E-state index contributed by atoms with van der Waals surface area (Å²) >= 11 is 1.75. The fourth-order valence-electron chi connectivity index (χ4n) is 0.835. The fourth-order valence-corrected chi connectivity index (χ4v) is 1.44. The van der Waals surface area contributed by atoms with Gasteiger partial charge in [0.15, 0.2) is 0 Å². The number of hydrogen-bond donors (Lipinski definition) is 0. The molecule has 0 unspecified atom stereocenters. The van der Waals surface area contributed by atoms with Crippen LogP contribution in [0.3, 0.4) is 0 Å². The Morgan fingerprint density at radius 3 is 2.25 bits per heavy atom. The molecular formula is C11H16S. The highest BCUT2D eigenvalue weighted by atomic mass is 32.2. The Balaban J connectivity index is 0.000000561. The van der Waals surface area contributed by atoms with Crippen LogP contribution < -0.4 is 0 Å². The van der Waals surface area contributed by atoms with Crippen molar-refractivity contribution < 1.29 is 0 Å². The molecule has 0 radical (unpaired) electrons. The maximum Gasteiger partial charge on any atom is 0.0141 e. The maximum atomic E-state index is 3.73. The summed E-state index contributed by atoms with van der Waals surface area (Å²) in [5.41, 5.74) is 1.22. The largest absolute Gasteiger partial charge is 0.129 e. The molecule has 0 saturated heterocycles. The van der Waals surface area contributed by atoms with Gasteiger partial charge in [-0.2, -0.15) is 0 Å². The van der Waals surface area contributed by atoms with Crippen LogP contribution >= 0.6 is 11.8 Å². The van der Waals surface area contributed by atoms with Crippen molar-refractivity contribution in [1.82, 2.24) is 0 Å². The summed E-state index contributed by atoms with van der Waals surface area (Å²) in [5.74, 6) is 0. The quantitative estimate of drug-likeness (QED) is 0.618. The summed E-state index contributed by atoms with van der Waals surface area (Å²) in [6.07, 6.45) is 3.95. The van der Waals surface area contributed by atoms with Crippen LogP contribution in [0.1, 0.15) is 19.4 Å². The van der Waals surface area contributed by atoms with Crippen LogP contribution in [0.4, 0.5) is 0 Å². The number of hydrogen-bond acceptors (Lipinski definition) is 1. The zero-order valence-electron chi connectivity index (χ0n) is 8.00. The lowest BCUT2D eigenvalue weighted by Gasteiger charge is -1.99. The van der Waals surface area contributed by atoms with Crippen molar-refractivity contribution in [3.05, 3.63) is 36.4 Å². The molecule has 1 heteroatoms. The summed E-state index contributed by atoms with van der Waals surface area (Å²) in [6.45, 7) is 7.73. The van der Waals surface area contributed by atoms with E-state index >= 15 is 0 Å². The molecule has 0 aliphatic carbocycles. The summed E-state index contributed by atoms with van der Waals surface area (Å²) < 4.78 is 0. The second kappa shape index (κ2) is 6.99. The van der Waals surface area contributed by atoms with Crippen molar-refractivity contribution in [2.45, 2.75) is 18.7 Å². The Bertz CT molecular complexity index is 228. The van der Waals surface area contributed by atoms with Gasteiger partial charge >= 0.3 is 0 Å². The van der Waals surface area contributed by atoms with E-state index in [-0.39, 0.29) is 0 Å². The molecule has 66 valence electrons.